The molecule has 1 amide bonds. The lowest BCUT2D eigenvalue weighted by Crippen LogP contribution is -2.40. The molecule has 3 rings (SSSR count). The Morgan fingerprint density at radius 2 is 1.90 bits per heavy atom. The highest BCUT2D eigenvalue weighted by atomic mass is 79.9. The number of carbonyl (C=O) groups is 1. The molecule has 2 aliphatic heterocycles. The highest BCUT2D eigenvalue weighted by Crippen LogP contribution is 2.22. The predicted molar refractivity (Wildman–Crippen MR) is 81.0 cm³/mol. The normalized spacial score (nSPS) is 23.2. The summed E-state index contributed by atoms with van der Waals surface area (Å²) in [5.74, 6) is 0.603. The van der Waals surface area contributed by atoms with E-state index < -0.39 is 0 Å². The summed E-state index contributed by atoms with van der Waals surface area (Å²) in [6.07, 6.45) is 3.26. The van der Waals surface area contributed by atoms with Gasteiger partial charge in [0.25, 0.3) is 0 Å². The maximum absolute atomic E-state index is 12.3. The predicted octanol–water partition coefficient (Wildman–Crippen LogP) is 3.12. The standard InChI is InChI=1S/C15H19BrN2O2/c16-12-4-6-14(7-5-12)20-15(19)18-10-2-9-17-8-1-3-13(17)11-18/h4-7,13H,1-3,8-11H2/t13-/m0/s1. The highest BCUT2D eigenvalue weighted by Gasteiger charge is 2.31. The lowest BCUT2D eigenvalue weighted by molar-refractivity contribution is 0.146. The van der Waals surface area contributed by atoms with Crippen molar-refractivity contribution >= 4 is 22.0 Å². The third-order valence-electron chi connectivity index (χ3n) is 4.08. The molecule has 2 heterocycles. The van der Waals surface area contributed by atoms with Gasteiger partial charge in [0.2, 0.25) is 0 Å². The van der Waals surface area contributed by atoms with E-state index in [4.69, 9.17) is 4.74 Å². The number of nitrogens with zero attached hydrogens (tertiary/aromatic N) is 2. The van der Waals surface area contributed by atoms with E-state index in [1.807, 2.05) is 29.2 Å². The molecule has 0 spiro atoms. The van der Waals surface area contributed by atoms with Crippen LogP contribution in [0.2, 0.25) is 0 Å². The number of ether oxygens (including phenoxy) is 1. The number of fused-ring (bicyclic) bond motifs is 1. The third kappa shape index (κ3) is 3.15. The lowest BCUT2D eigenvalue weighted by Gasteiger charge is -2.25. The van der Waals surface area contributed by atoms with Crippen molar-refractivity contribution in [2.45, 2.75) is 25.3 Å². The zero-order valence-corrected chi connectivity index (χ0v) is 13.0. The molecule has 108 valence electrons. The Morgan fingerprint density at radius 3 is 2.70 bits per heavy atom. The van der Waals surface area contributed by atoms with E-state index in [1.54, 1.807) is 0 Å². The van der Waals surface area contributed by atoms with Gasteiger partial charge in [-0.3, -0.25) is 4.90 Å². The summed E-state index contributed by atoms with van der Waals surface area (Å²) in [6, 6.07) is 7.89. The van der Waals surface area contributed by atoms with Gasteiger partial charge in [-0.15, -0.1) is 0 Å². The number of benzene rings is 1. The molecule has 4 nitrogen and oxygen atoms in total. The fraction of sp³-hybridized carbons (Fsp3) is 0.533. The summed E-state index contributed by atoms with van der Waals surface area (Å²) >= 11 is 3.37. The number of rotatable bonds is 1. The monoisotopic (exact) mass is 338 g/mol. The van der Waals surface area contributed by atoms with Crippen LogP contribution in [0, 0.1) is 0 Å². The van der Waals surface area contributed by atoms with Crippen LogP contribution in [0.25, 0.3) is 0 Å². The molecule has 0 unspecified atom stereocenters. The molecule has 20 heavy (non-hydrogen) atoms. The molecule has 0 aliphatic carbocycles. The largest absolute Gasteiger partial charge is 0.415 e. The fourth-order valence-electron chi connectivity index (χ4n) is 3.04. The average Bonchev–Trinajstić information content (AvgIpc) is 2.78. The van der Waals surface area contributed by atoms with Crippen LogP contribution in [-0.2, 0) is 0 Å². The van der Waals surface area contributed by atoms with Crippen LogP contribution >= 0.6 is 15.9 Å². The number of carbonyl (C=O) groups excluding carboxylic acids is 1. The first-order valence-electron chi connectivity index (χ1n) is 7.19. The van der Waals surface area contributed by atoms with E-state index >= 15 is 0 Å². The van der Waals surface area contributed by atoms with Crippen LogP contribution in [0.3, 0.4) is 0 Å². The minimum absolute atomic E-state index is 0.221. The van der Waals surface area contributed by atoms with Crippen molar-refractivity contribution in [1.82, 2.24) is 9.80 Å². The smallest absolute Gasteiger partial charge is 0.410 e. The van der Waals surface area contributed by atoms with E-state index in [2.05, 4.69) is 20.8 Å². The van der Waals surface area contributed by atoms with E-state index in [9.17, 15) is 4.79 Å². The van der Waals surface area contributed by atoms with Gasteiger partial charge in [0.1, 0.15) is 5.75 Å². The summed E-state index contributed by atoms with van der Waals surface area (Å²) in [5, 5.41) is 0. The first kappa shape index (κ1) is 13.9. The Balaban J connectivity index is 1.62. The number of amides is 1. The summed E-state index contributed by atoms with van der Waals surface area (Å²) in [7, 11) is 0. The van der Waals surface area contributed by atoms with Gasteiger partial charge in [-0.05, 0) is 50.1 Å². The SMILES string of the molecule is O=C(Oc1ccc(Br)cc1)N1CCCN2CCC[C@H]2C1. The van der Waals surface area contributed by atoms with Gasteiger partial charge in [0.15, 0.2) is 0 Å². The summed E-state index contributed by atoms with van der Waals surface area (Å²) in [6.45, 7) is 3.88. The van der Waals surface area contributed by atoms with Crippen LogP contribution in [0.4, 0.5) is 4.79 Å². The highest BCUT2D eigenvalue weighted by molar-refractivity contribution is 9.10. The molecule has 0 aromatic heterocycles. The molecule has 0 radical (unpaired) electrons. The Kier molecular flexibility index (Phi) is 4.27. The number of halogens is 1. The van der Waals surface area contributed by atoms with Gasteiger partial charge in [-0.25, -0.2) is 4.79 Å². The molecule has 0 N–H and O–H groups in total. The quantitative estimate of drug-likeness (QED) is 0.788. The Bertz CT molecular complexity index is 477. The Labute approximate surface area is 127 Å². The topological polar surface area (TPSA) is 32.8 Å². The Hall–Kier alpha value is -1.07. The van der Waals surface area contributed by atoms with Crippen LogP contribution in [0.1, 0.15) is 19.3 Å². The molecular weight excluding hydrogens is 320 g/mol. The van der Waals surface area contributed by atoms with Crippen LogP contribution in [-0.4, -0.2) is 48.1 Å². The maximum atomic E-state index is 12.3. The molecule has 1 aromatic rings. The Morgan fingerprint density at radius 1 is 1.15 bits per heavy atom. The lowest BCUT2D eigenvalue weighted by atomic mass is 10.2. The van der Waals surface area contributed by atoms with Gasteiger partial charge in [-0.2, -0.15) is 0 Å². The molecule has 1 atom stereocenters. The van der Waals surface area contributed by atoms with Crippen molar-refractivity contribution in [1.29, 1.82) is 0 Å². The van der Waals surface area contributed by atoms with Crippen LogP contribution in [0.5, 0.6) is 5.75 Å². The van der Waals surface area contributed by atoms with E-state index in [0.29, 0.717) is 11.8 Å². The minimum atomic E-state index is -0.221. The second kappa shape index (κ2) is 6.14. The first-order chi connectivity index (χ1) is 9.72. The molecule has 0 bridgehead atoms. The van der Waals surface area contributed by atoms with Crippen LogP contribution < -0.4 is 4.74 Å². The first-order valence-corrected chi connectivity index (χ1v) is 7.98. The minimum Gasteiger partial charge on any atom is -0.410 e. The van der Waals surface area contributed by atoms with Gasteiger partial charge in [0, 0.05) is 30.1 Å². The summed E-state index contributed by atoms with van der Waals surface area (Å²) in [4.78, 5) is 16.6. The fourth-order valence-corrected chi connectivity index (χ4v) is 3.30. The van der Waals surface area contributed by atoms with Crippen molar-refractivity contribution in [3.05, 3.63) is 28.7 Å². The molecule has 2 aliphatic rings. The van der Waals surface area contributed by atoms with Crippen molar-refractivity contribution in [3.8, 4) is 5.75 Å². The van der Waals surface area contributed by atoms with Gasteiger partial charge >= 0.3 is 6.09 Å². The maximum Gasteiger partial charge on any atom is 0.415 e. The number of hydrogen-bond acceptors (Lipinski definition) is 3. The molecule has 1 aromatic carbocycles. The summed E-state index contributed by atoms with van der Waals surface area (Å²) < 4.78 is 6.44. The second-order valence-corrected chi connectivity index (χ2v) is 6.37. The third-order valence-corrected chi connectivity index (χ3v) is 4.61. The second-order valence-electron chi connectivity index (χ2n) is 5.45. The van der Waals surface area contributed by atoms with E-state index in [1.165, 1.54) is 19.4 Å². The molecule has 2 saturated heterocycles. The van der Waals surface area contributed by atoms with Gasteiger partial charge < -0.3 is 9.64 Å². The zero-order chi connectivity index (χ0) is 13.9. The average molecular weight is 339 g/mol. The number of hydrogen-bond donors (Lipinski definition) is 0. The van der Waals surface area contributed by atoms with Gasteiger partial charge in [0.05, 0.1) is 0 Å². The van der Waals surface area contributed by atoms with E-state index in [0.717, 1.165) is 30.5 Å². The summed E-state index contributed by atoms with van der Waals surface area (Å²) in [5.41, 5.74) is 0. The van der Waals surface area contributed by atoms with Crippen molar-refractivity contribution in [2.24, 2.45) is 0 Å². The van der Waals surface area contributed by atoms with Crippen molar-refractivity contribution in [3.63, 3.8) is 0 Å². The van der Waals surface area contributed by atoms with Crippen LogP contribution in [0.15, 0.2) is 28.7 Å². The zero-order valence-electron chi connectivity index (χ0n) is 11.4. The van der Waals surface area contributed by atoms with E-state index in [-0.39, 0.29) is 6.09 Å². The molecule has 0 saturated carbocycles. The molecular formula is C15H19BrN2O2. The molecule has 5 heteroatoms. The van der Waals surface area contributed by atoms with Crippen molar-refractivity contribution in [2.75, 3.05) is 26.2 Å². The molecule has 2 fully saturated rings. The van der Waals surface area contributed by atoms with Gasteiger partial charge in [-0.1, -0.05) is 15.9 Å². The van der Waals surface area contributed by atoms with Crippen molar-refractivity contribution < 1.29 is 9.53 Å².